The van der Waals surface area contributed by atoms with Crippen LogP contribution in [-0.4, -0.2) is 11.1 Å². The van der Waals surface area contributed by atoms with E-state index in [4.69, 9.17) is 0 Å². The summed E-state index contributed by atoms with van der Waals surface area (Å²) in [6, 6.07) is 11.8. The number of rotatable bonds is 2. The smallest absolute Gasteiger partial charge is 0.337 e. The highest BCUT2D eigenvalue weighted by Crippen LogP contribution is 2.50. The normalized spacial score (nSPS) is 24.7. The van der Waals surface area contributed by atoms with Crippen molar-refractivity contribution in [3.63, 3.8) is 0 Å². The molecule has 0 fully saturated rings. The molecule has 116 valence electrons. The molecule has 0 amide bonds. The molecule has 0 saturated carbocycles. The zero-order valence-corrected chi connectivity index (χ0v) is 12.4. The fraction of sp³-hybridized carbons (Fsp3) is 0.211. The van der Waals surface area contributed by atoms with Crippen LogP contribution in [0.2, 0.25) is 0 Å². The highest BCUT2D eigenvalue weighted by molar-refractivity contribution is 5.95. The zero-order valence-electron chi connectivity index (χ0n) is 12.4. The van der Waals surface area contributed by atoms with E-state index in [-0.39, 0.29) is 23.3 Å². The van der Waals surface area contributed by atoms with Gasteiger partial charge < -0.3 is 10.4 Å². The predicted octanol–water partition coefficient (Wildman–Crippen LogP) is 4.35. The Morgan fingerprint density at radius 2 is 1.96 bits per heavy atom. The monoisotopic (exact) mass is 309 g/mol. The van der Waals surface area contributed by atoms with E-state index in [9.17, 15) is 14.3 Å². The summed E-state index contributed by atoms with van der Waals surface area (Å²) >= 11 is 0. The van der Waals surface area contributed by atoms with Crippen LogP contribution in [0.5, 0.6) is 0 Å². The molecule has 4 rings (SSSR count). The van der Waals surface area contributed by atoms with Gasteiger partial charge >= 0.3 is 5.97 Å². The molecule has 3 nitrogen and oxygen atoms in total. The summed E-state index contributed by atoms with van der Waals surface area (Å²) < 4.78 is 13.2. The Kier molecular flexibility index (Phi) is 3.18. The minimum absolute atomic E-state index is 0.0244. The number of benzene rings is 2. The van der Waals surface area contributed by atoms with Gasteiger partial charge in [0.2, 0.25) is 0 Å². The first-order valence-electron chi connectivity index (χ1n) is 7.70. The molecule has 23 heavy (non-hydrogen) atoms. The molecule has 4 heteroatoms. The molecule has 0 aromatic heterocycles. The van der Waals surface area contributed by atoms with Crippen molar-refractivity contribution in [2.75, 3.05) is 5.32 Å². The van der Waals surface area contributed by atoms with Crippen LogP contribution in [0.25, 0.3) is 0 Å². The first-order chi connectivity index (χ1) is 11.1. The number of halogens is 1. The molecule has 2 aliphatic rings. The van der Waals surface area contributed by atoms with Crippen molar-refractivity contribution < 1.29 is 14.3 Å². The third kappa shape index (κ3) is 2.22. The van der Waals surface area contributed by atoms with Gasteiger partial charge in [-0.3, -0.25) is 0 Å². The van der Waals surface area contributed by atoms with E-state index < -0.39 is 5.97 Å². The van der Waals surface area contributed by atoms with Gasteiger partial charge in [0.15, 0.2) is 0 Å². The Morgan fingerprint density at radius 1 is 1.17 bits per heavy atom. The number of nitrogens with one attached hydrogen (secondary N) is 1. The molecule has 1 heterocycles. The molecule has 2 aromatic rings. The maximum atomic E-state index is 13.2. The van der Waals surface area contributed by atoms with E-state index in [1.165, 1.54) is 12.1 Å². The topological polar surface area (TPSA) is 49.3 Å². The lowest BCUT2D eigenvalue weighted by atomic mass is 9.76. The zero-order chi connectivity index (χ0) is 16.0. The van der Waals surface area contributed by atoms with Crippen molar-refractivity contribution in [2.24, 2.45) is 5.92 Å². The second-order valence-electron chi connectivity index (χ2n) is 6.10. The van der Waals surface area contributed by atoms with E-state index in [0.717, 1.165) is 17.5 Å². The summed E-state index contributed by atoms with van der Waals surface area (Å²) in [4.78, 5) is 11.5. The molecule has 3 atom stereocenters. The summed E-state index contributed by atoms with van der Waals surface area (Å²) in [5.74, 6) is -0.692. The maximum absolute atomic E-state index is 13.2. The van der Waals surface area contributed by atoms with Crippen LogP contribution in [0, 0.1) is 11.7 Å². The number of allylic oxidation sites excluding steroid dienone is 2. The third-order valence-corrected chi connectivity index (χ3v) is 4.86. The molecule has 0 unspecified atom stereocenters. The number of anilines is 1. The quantitative estimate of drug-likeness (QED) is 0.811. The summed E-state index contributed by atoms with van der Waals surface area (Å²) in [6.45, 7) is 0. The largest absolute Gasteiger partial charge is 0.478 e. The highest BCUT2D eigenvalue weighted by Gasteiger charge is 2.39. The van der Waals surface area contributed by atoms with E-state index in [2.05, 4.69) is 17.5 Å². The number of carboxylic acids is 1. The first kappa shape index (κ1) is 14.0. The summed E-state index contributed by atoms with van der Waals surface area (Å²) in [7, 11) is 0. The van der Waals surface area contributed by atoms with E-state index >= 15 is 0 Å². The van der Waals surface area contributed by atoms with Crippen LogP contribution in [-0.2, 0) is 0 Å². The van der Waals surface area contributed by atoms with E-state index in [1.807, 2.05) is 6.07 Å². The summed E-state index contributed by atoms with van der Waals surface area (Å²) in [5, 5.41) is 12.9. The van der Waals surface area contributed by atoms with Gasteiger partial charge in [0.25, 0.3) is 0 Å². The number of fused-ring (bicyclic) bond motifs is 3. The molecule has 2 aromatic carbocycles. The highest BCUT2D eigenvalue weighted by atomic mass is 19.1. The van der Waals surface area contributed by atoms with Gasteiger partial charge in [-0.15, -0.1) is 0 Å². The molecule has 0 radical (unpaired) electrons. The van der Waals surface area contributed by atoms with Crippen LogP contribution in [0.15, 0.2) is 54.6 Å². The fourth-order valence-corrected chi connectivity index (χ4v) is 3.80. The lowest BCUT2D eigenvalue weighted by molar-refractivity contribution is 0.0697. The van der Waals surface area contributed by atoms with Crippen LogP contribution >= 0.6 is 0 Å². The minimum atomic E-state index is -0.937. The fourth-order valence-electron chi connectivity index (χ4n) is 3.80. The van der Waals surface area contributed by atoms with Crippen LogP contribution < -0.4 is 5.32 Å². The Bertz CT molecular complexity index is 798. The van der Waals surface area contributed by atoms with Gasteiger partial charge in [-0.25, -0.2) is 9.18 Å². The predicted molar refractivity (Wildman–Crippen MR) is 86.2 cm³/mol. The summed E-state index contributed by atoms with van der Waals surface area (Å²) in [6.07, 6.45) is 5.24. The van der Waals surface area contributed by atoms with Crippen molar-refractivity contribution in [3.05, 3.63) is 77.1 Å². The van der Waals surface area contributed by atoms with Crippen molar-refractivity contribution >= 4 is 11.7 Å². The average Bonchev–Trinajstić information content (AvgIpc) is 3.04. The van der Waals surface area contributed by atoms with Crippen molar-refractivity contribution in [1.82, 2.24) is 0 Å². The van der Waals surface area contributed by atoms with E-state index in [1.54, 1.807) is 24.3 Å². The molecule has 1 aliphatic heterocycles. The molecule has 2 N–H and O–H groups in total. The van der Waals surface area contributed by atoms with Crippen molar-refractivity contribution in [1.29, 1.82) is 0 Å². The Labute approximate surface area is 133 Å². The van der Waals surface area contributed by atoms with E-state index in [0.29, 0.717) is 11.6 Å². The Morgan fingerprint density at radius 3 is 2.70 bits per heavy atom. The molecule has 0 saturated heterocycles. The summed E-state index contributed by atoms with van der Waals surface area (Å²) in [5.41, 5.74) is 2.98. The molecule has 1 aliphatic carbocycles. The molecular formula is C19H16FNO2. The van der Waals surface area contributed by atoms with Crippen LogP contribution in [0.3, 0.4) is 0 Å². The van der Waals surface area contributed by atoms with Gasteiger partial charge in [0.1, 0.15) is 5.82 Å². The number of para-hydroxylation sites is 1. The third-order valence-electron chi connectivity index (χ3n) is 4.86. The van der Waals surface area contributed by atoms with Crippen molar-refractivity contribution in [3.8, 4) is 0 Å². The molecule has 0 bridgehead atoms. The van der Waals surface area contributed by atoms with Gasteiger partial charge in [-0.1, -0.05) is 36.4 Å². The standard InChI is InChI=1S/C19H16FNO2/c20-12-9-7-11(8-10-12)17-14-4-1-3-13(14)15-5-2-6-16(19(22)23)18(15)21-17/h1-3,5-10,13-14,17,21H,4H2,(H,22,23)/t13-,14-,17-/m1/s1. The number of aromatic carboxylic acids is 1. The first-order valence-corrected chi connectivity index (χ1v) is 7.70. The SMILES string of the molecule is O=C(O)c1cccc2c1N[C@H](c1ccc(F)cc1)[C@@H]1CC=C[C@@H]21. The Balaban J connectivity index is 1.83. The minimum Gasteiger partial charge on any atom is -0.478 e. The lowest BCUT2D eigenvalue weighted by Crippen LogP contribution is -2.30. The Hall–Kier alpha value is -2.62. The average molecular weight is 309 g/mol. The number of carbonyl (C=O) groups is 1. The van der Waals surface area contributed by atoms with Gasteiger partial charge in [-0.05, 0) is 41.7 Å². The second-order valence-corrected chi connectivity index (χ2v) is 6.10. The van der Waals surface area contributed by atoms with Gasteiger partial charge in [-0.2, -0.15) is 0 Å². The van der Waals surface area contributed by atoms with Gasteiger partial charge in [0, 0.05) is 5.92 Å². The van der Waals surface area contributed by atoms with Crippen LogP contribution in [0.1, 0.15) is 39.9 Å². The van der Waals surface area contributed by atoms with Crippen LogP contribution in [0.4, 0.5) is 10.1 Å². The van der Waals surface area contributed by atoms with Crippen molar-refractivity contribution in [2.45, 2.75) is 18.4 Å². The maximum Gasteiger partial charge on any atom is 0.337 e. The number of hydrogen-bond donors (Lipinski definition) is 2. The molecule has 0 spiro atoms. The van der Waals surface area contributed by atoms with Gasteiger partial charge in [0.05, 0.1) is 17.3 Å². The molecular weight excluding hydrogens is 293 g/mol. The number of hydrogen-bond acceptors (Lipinski definition) is 2. The number of carboxylic acid groups (broad SMARTS) is 1. The lowest BCUT2D eigenvalue weighted by Gasteiger charge is -2.38. The second kappa shape index (κ2) is 5.23.